The zero-order valence-electron chi connectivity index (χ0n) is 45.2. The Morgan fingerprint density at radius 2 is 0.761 bits per heavy atom. The van der Waals surface area contributed by atoms with Gasteiger partial charge in [-0.15, -0.1) is 0 Å². The van der Waals surface area contributed by atoms with Crippen LogP contribution in [-0.2, 0) is 32.7 Å². The highest BCUT2D eigenvalue weighted by atomic mass is 31.2. The van der Waals surface area contributed by atoms with Crippen molar-refractivity contribution in [3.8, 4) is 0 Å². The second-order valence-corrected chi connectivity index (χ2v) is 22.5. The smallest absolute Gasteiger partial charge is 0.462 e. The summed E-state index contributed by atoms with van der Waals surface area (Å²) in [6.07, 6.45) is 57.0. The summed E-state index contributed by atoms with van der Waals surface area (Å²) in [5, 5.41) is 0. The van der Waals surface area contributed by atoms with Crippen LogP contribution >= 0.6 is 7.82 Å². The largest absolute Gasteiger partial charge is 0.472 e. The fourth-order valence-electron chi connectivity index (χ4n) is 8.54. The molecule has 0 saturated heterocycles. The third-order valence-corrected chi connectivity index (χ3v) is 14.0. The van der Waals surface area contributed by atoms with Gasteiger partial charge >= 0.3 is 19.8 Å². The summed E-state index contributed by atoms with van der Waals surface area (Å²) < 4.78 is 34.6. The quantitative estimate of drug-likeness (QED) is 0.0211. The number of hydrogen-bond donors (Lipinski definition) is 1. The number of esters is 2. The molecule has 1 unspecified atom stereocenters. The highest BCUT2D eigenvalue weighted by Crippen LogP contribution is 2.43. The topological polar surface area (TPSA) is 108 Å². The molecule has 0 aliphatic rings. The maximum atomic E-state index is 12.8. The summed E-state index contributed by atoms with van der Waals surface area (Å²) >= 11 is 0. The molecular weight excluding hydrogens is 858 g/mol. The van der Waals surface area contributed by atoms with Crippen molar-refractivity contribution in [2.75, 3.05) is 47.5 Å². The van der Waals surface area contributed by atoms with E-state index in [0.717, 1.165) is 38.5 Å². The van der Waals surface area contributed by atoms with Gasteiger partial charge in [0.05, 0.1) is 27.7 Å². The molecule has 0 heterocycles. The number of likely N-dealkylation sites (N-methyl/N-ethyl adjacent to an activating group) is 1. The van der Waals surface area contributed by atoms with Crippen LogP contribution in [0.1, 0.15) is 290 Å². The maximum absolute atomic E-state index is 12.8. The zero-order valence-corrected chi connectivity index (χ0v) is 46.1. The molecular formula is C57H113NO8P+. The minimum Gasteiger partial charge on any atom is -0.462 e. The summed E-state index contributed by atoms with van der Waals surface area (Å²) in [7, 11) is 1.50. The standard InChI is InChI=1S/C57H112NO8P/c1-6-8-10-12-14-16-18-20-22-24-26-28-30-32-34-36-38-40-42-44-46-48-50-57(60)66-55(54-65-67(61,62)64-52-51-58(3,4)5)53-63-56(59)49-47-45-43-41-39-37-35-33-31-29-27-25-23-21-19-17-15-13-11-9-7-2/h21,23,55H,6-20,22,24-54H2,1-5H3/p+1/b23-21+/t55-/m1/s1. The van der Waals surface area contributed by atoms with Gasteiger partial charge in [-0.25, -0.2) is 4.57 Å². The van der Waals surface area contributed by atoms with Crippen molar-refractivity contribution in [1.82, 2.24) is 0 Å². The molecule has 2 atom stereocenters. The summed E-state index contributed by atoms with van der Waals surface area (Å²) in [4.78, 5) is 35.7. The van der Waals surface area contributed by atoms with Crippen molar-refractivity contribution in [2.24, 2.45) is 0 Å². The monoisotopic (exact) mass is 971 g/mol. The van der Waals surface area contributed by atoms with E-state index in [9.17, 15) is 19.0 Å². The van der Waals surface area contributed by atoms with Gasteiger partial charge in [0, 0.05) is 12.8 Å². The van der Waals surface area contributed by atoms with Crippen molar-refractivity contribution >= 4 is 19.8 Å². The second kappa shape index (κ2) is 49.7. The predicted molar refractivity (Wildman–Crippen MR) is 284 cm³/mol. The minimum absolute atomic E-state index is 0.0356. The van der Waals surface area contributed by atoms with Crippen LogP contribution in [0.5, 0.6) is 0 Å². The highest BCUT2D eigenvalue weighted by Gasteiger charge is 2.27. The van der Waals surface area contributed by atoms with E-state index in [1.165, 1.54) is 225 Å². The number of rotatable bonds is 54. The first-order chi connectivity index (χ1) is 32.5. The molecule has 0 aromatic carbocycles. The molecule has 0 radical (unpaired) electrons. The minimum atomic E-state index is -4.38. The molecule has 0 aliphatic carbocycles. The summed E-state index contributed by atoms with van der Waals surface area (Å²) in [5.74, 6) is -0.779. The SMILES string of the molecule is CCCCCCCC/C=C/CCCCCCCCCCCCCC(=O)OC[C@H](COP(=O)(O)OCC[N+](C)(C)C)OC(=O)CCCCCCCCCCCCCCCCCCCCCCCC. The van der Waals surface area contributed by atoms with E-state index < -0.39 is 26.5 Å². The van der Waals surface area contributed by atoms with Gasteiger partial charge in [0.1, 0.15) is 19.8 Å². The first-order valence-electron chi connectivity index (χ1n) is 28.9. The summed E-state index contributed by atoms with van der Waals surface area (Å²) in [6.45, 7) is 4.49. The van der Waals surface area contributed by atoms with Gasteiger partial charge in [-0.2, -0.15) is 0 Å². The number of nitrogens with zero attached hydrogens (tertiary/aromatic N) is 1. The van der Waals surface area contributed by atoms with Crippen LogP contribution in [0.2, 0.25) is 0 Å². The third-order valence-electron chi connectivity index (χ3n) is 13.0. The molecule has 0 saturated carbocycles. The molecule has 0 bridgehead atoms. The van der Waals surface area contributed by atoms with E-state index in [-0.39, 0.29) is 25.6 Å². The van der Waals surface area contributed by atoms with Gasteiger partial charge in [-0.3, -0.25) is 18.6 Å². The molecule has 0 spiro atoms. The van der Waals surface area contributed by atoms with Crippen LogP contribution in [0, 0.1) is 0 Å². The molecule has 9 nitrogen and oxygen atoms in total. The van der Waals surface area contributed by atoms with E-state index in [2.05, 4.69) is 26.0 Å². The Bertz CT molecular complexity index is 1140. The number of ether oxygens (including phenoxy) is 2. The molecule has 1 N–H and O–H groups in total. The van der Waals surface area contributed by atoms with E-state index in [0.29, 0.717) is 17.4 Å². The number of quaternary nitrogens is 1. The normalized spacial score (nSPS) is 13.3. The van der Waals surface area contributed by atoms with E-state index >= 15 is 0 Å². The Kier molecular flexibility index (Phi) is 48.8. The lowest BCUT2D eigenvalue weighted by atomic mass is 10.0. The Balaban J connectivity index is 4.13. The van der Waals surface area contributed by atoms with Crippen LogP contribution in [0.3, 0.4) is 0 Å². The first-order valence-corrected chi connectivity index (χ1v) is 30.4. The third kappa shape index (κ3) is 53.9. The lowest BCUT2D eigenvalue weighted by Gasteiger charge is -2.24. The maximum Gasteiger partial charge on any atom is 0.472 e. The van der Waals surface area contributed by atoms with E-state index in [4.69, 9.17) is 18.5 Å². The van der Waals surface area contributed by atoms with E-state index in [1.807, 2.05) is 21.1 Å². The fraction of sp³-hybridized carbons (Fsp3) is 0.930. The van der Waals surface area contributed by atoms with Crippen LogP contribution in [0.15, 0.2) is 12.2 Å². The summed E-state index contributed by atoms with van der Waals surface area (Å²) in [6, 6.07) is 0. The molecule has 0 rings (SSSR count). The van der Waals surface area contributed by atoms with Crippen LogP contribution < -0.4 is 0 Å². The Labute approximate surface area is 416 Å². The zero-order chi connectivity index (χ0) is 49.2. The molecule has 398 valence electrons. The average Bonchev–Trinajstić information content (AvgIpc) is 3.29. The molecule has 0 aromatic rings. The second-order valence-electron chi connectivity index (χ2n) is 21.0. The van der Waals surface area contributed by atoms with Crippen molar-refractivity contribution in [3.63, 3.8) is 0 Å². The molecule has 0 amide bonds. The Morgan fingerprint density at radius 3 is 1.10 bits per heavy atom. The van der Waals surface area contributed by atoms with Gasteiger partial charge < -0.3 is 18.9 Å². The van der Waals surface area contributed by atoms with Crippen LogP contribution in [0.4, 0.5) is 0 Å². The number of hydrogen-bond acceptors (Lipinski definition) is 7. The first kappa shape index (κ1) is 65.8. The van der Waals surface area contributed by atoms with Crippen LogP contribution in [0.25, 0.3) is 0 Å². The molecule has 10 heteroatoms. The molecule has 0 fully saturated rings. The lowest BCUT2D eigenvalue weighted by molar-refractivity contribution is -0.870. The predicted octanol–water partition coefficient (Wildman–Crippen LogP) is 17.7. The average molecular weight is 972 g/mol. The number of carbonyl (C=O) groups is 2. The summed E-state index contributed by atoms with van der Waals surface area (Å²) in [5.41, 5.74) is 0. The number of carbonyl (C=O) groups excluding carboxylic acids is 2. The number of phosphoric ester groups is 1. The van der Waals surface area contributed by atoms with E-state index in [1.54, 1.807) is 0 Å². The number of unbranched alkanes of at least 4 members (excludes halogenated alkanes) is 38. The number of allylic oxidation sites excluding steroid dienone is 2. The van der Waals surface area contributed by atoms with Crippen molar-refractivity contribution in [3.05, 3.63) is 12.2 Å². The van der Waals surface area contributed by atoms with Gasteiger partial charge in [0.15, 0.2) is 6.10 Å². The molecule has 0 aliphatic heterocycles. The van der Waals surface area contributed by atoms with Gasteiger partial charge in [0.2, 0.25) is 0 Å². The van der Waals surface area contributed by atoms with Gasteiger partial charge in [-0.1, -0.05) is 251 Å². The molecule has 67 heavy (non-hydrogen) atoms. The van der Waals surface area contributed by atoms with Gasteiger partial charge in [-0.05, 0) is 38.5 Å². The van der Waals surface area contributed by atoms with Crippen molar-refractivity contribution in [2.45, 2.75) is 296 Å². The Hall–Kier alpha value is -1.25. The Morgan fingerprint density at radius 1 is 0.448 bits per heavy atom. The molecule has 0 aromatic heterocycles. The van der Waals surface area contributed by atoms with Crippen molar-refractivity contribution in [1.29, 1.82) is 0 Å². The van der Waals surface area contributed by atoms with Crippen LogP contribution in [-0.4, -0.2) is 74.9 Å². The lowest BCUT2D eigenvalue weighted by Crippen LogP contribution is -2.37. The number of phosphoric acid groups is 1. The van der Waals surface area contributed by atoms with Crippen molar-refractivity contribution < 1.29 is 42.1 Å². The van der Waals surface area contributed by atoms with Gasteiger partial charge in [0.25, 0.3) is 0 Å². The highest BCUT2D eigenvalue weighted by molar-refractivity contribution is 7.47. The fourth-order valence-corrected chi connectivity index (χ4v) is 9.28.